The van der Waals surface area contributed by atoms with Crippen molar-refractivity contribution in [2.45, 2.75) is 13.0 Å². The predicted molar refractivity (Wildman–Crippen MR) is 87.4 cm³/mol. The molecule has 0 saturated carbocycles. The van der Waals surface area contributed by atoms with E-state index < -0.39 is 0 Å². The lowest BCUT2D eigenvalue weighted by atomic mass is 10.1. The van der Waals surface area contributed by atoms with E-state index in [0.717, 1.165) is 19.5 Å². The molecule has 0 radical (unpaired) electrons. The summed E-state index contributed by atoms with van der Waals surface area (Å²) in [6.07, 6.45) is 3.41. The molecule has 0 bridgehead atoms. The Morgan fingerprint density at radius 3 is 2.62 bits per heavy atom. The third-order valence-corrected chi connectivity index (χ3v) is 4.36. The molecular formula is C19H19N2+. The van der Waals surface area contributed by atoms with Crippen molar-refractivity contribution in [3.8, 4) is 0 Å². The van der Waals surface area contributed by atoms with Crippen LogP contribution in [0.15, 0.2) is 54.6 Å². The van der Waals surface area contributed by atoms with Crippen LogP contribution in [-0.2, 0) is 13.0 Å². The summed E-state index contributed by atoms with van der Waals surface area (Å²) in [6.45, 7) is 2.05. The van der Waals surface area contributed by atoms with Crippen molar-refractivity contribution in [1.82, 2.24) is 4.57 Å². The van der Waals surface area contributed by atoms with Crippen LogP contribution in [0.4, 0.5) is 0 Å². The Morgan fingerprint density at radius 2 is 1.76 bits per heavy atom. The van der Waals surface area contributed by atoms with Gasteiger partial charge in [-0.05, 0) is 11.6 Å². The molecule has 2 nitrogen and oxygen atoms in total. The van der Waals surface area contributed by atoms with E-state index in [9.17, 15) is 0 Å². The highest BCUT2D eigenvalue weighted by molar-refractivity contribution is 6.00. The molecule has 4 rings (SSSR count). The molecule has 0 unspecified atom stereocenters. The maximum absolute atomic E-state index is 2.49. The number of hydrogen-bond donors (Lipinski definition) is 0. The number of fused-ring (bicyclic) bond motifs is 3. The smallest absolute Gasteiger partial charge is 0.172 e. The van der Waals surface area contributed by atoms with Crippen LogP contribution in [0.5, 0.6) is 0 Å². The number of likely N-dealkylation sites (N-methyl/N-ethyl adjacent to an activating group) is 1. The summed E-state index contributed by atoms with van der Waals surface area (Å²) in [6, 6.07) is 19.5. The second-order valence-corrected chi connectivity index (χ2v) is 5.81. The summed E-state index contributed by atoms with van der Waals surface area (Å²) in [7, 11) is 2.16. The van der Waals surface area contributed by atoms with Crippen LogP contribution in [0.3, 0.4) is 0 Å². The van der Waals surface area contributed by atoms with Gasteiger partial charge in [0, 0.05) is 29.6 Å². The van der Waals surface area contributed by atoms with E-state index in [1.165, 1.54) is 27.7 Å². The summed E-state index contributed by atoms with van der Waals surface area (Å²) in [5, 5.41) is 1.37. The molecule has 0 saturated heterocycles. The second kappa shape index (κ2) is 4.88. The van der Waals surface area contributed by atoms with Gasteiger partial charge in [-0.15, -0.1) is 0 Å². The Balaban J connectivity index is 1.93. The molecule has 21 heavy (non-hydrogen) atoms. The van der Waals surface area contributed by atoms with Crippen LogP contribution < -0.4 is 0 Å². The fraction of sp³-hybridized carbons (Fsp3) is 0.211. The normalized spacial score (nSPS) is 14.0. The number of hydrogen-bond acceptors (Lipinski definition) is 0. The highest BCUT2D eigenvalue weighted by atomic mass is 15.0. The molecule has 0 aliphatic carbocycles. The SMILES string of the molecule is C[N+]1=Cc2c(n(Cc3ccccc3)c3ccccc23)CC1. The quantitative estimate of drug-likeness (QED) is 0.634. The molecule has 0 fully saturated rings. The summed E-state index contributed by atoms with van der Waals surface area (Å²) in [5.74, 6) is 0. The standard InChI is InChI=1S/C19H19N2/c1-20-12-11-19-17(14-20)16-9-5-6-10-18(16)21(19)13-15-7-3-2-4-8-15/h2-10,14H,11-13H2,1H3/q+1. The second-order valence-electron chi connectivity index (χ2n) is 5.81. The van der Waals surface area contributed by atoms with Crippen molar-refractivity contribution in [2.24, 2.45) is 0 Å². The largest absolute Gasteiger partial charge is 0.339 e. The lowest BCUT2D eigenvalue weighted by molar-refractivity contribution is -0.493. The lowest BCUT2D eigenvalue weighted by Gasteiger charge is -2.13. The first kappa shape index (κ1) is 12.4. The van der Waals surface area contributed by atoms with Crippen molar-refractivity contribution in [3.05, 3.63) is 71.4 Å². The number of benzene rings is 2. The van der Waals surface area contributed by atoms with Crippen LogP contribution in [0.2, 0.25) is 0 Å². The summed E-state index contributed by atoms with van der Waals surface area (Å²) >= 11 is 0. The van der Waals surface area contributed by atoms with Crippen molar-refractivity contribution in [1.29, 1.82) is 0 Å². The summed E-state index contributed by atoms with van der Waals surface area (Å²) < 4.78 is 4.78. The van der Waals surface area contributed by atoms with E-state index in [4.69, 9.17) is 0 Å². The first-order valence-corrected chi connectivity index (χ1v) is 7.52. The lowest BCUT2D eigenvalue weighted by Crippen LogP contribution is -2.20. The van der Waals surface area contributed by atoms with Gasteiger partial charge in [0.15, 0.2) is 6.21 Å². The van der Waals surface area contributed by atoms with E-state index in [1.807, 2.05) is 0 Å². The van der Waals surface area contributed by atoms with Crippen molar-refractivity contribution < 1.29 is 4.58 Å². The Kier molecular flexibility index (Phi) is 2.88. The van der Waals surface area contributed by atoms with E-state index in [-0.39, 0.29) is 0 Å². The zero-order chi connectivity index (χ0) is 14.2. The van der Waals surface area contributed by atoms with Crippen LogP contribution in [0.1, 0.15) is 16.8 Å². The van der Waals surface area contributed by atoms with E-state index in [1.54, 1.807) is 0 Å². The molecule has 2 heterocycles. The zero-order valence-corrected chi connectivity index (χ0v) is 12.3. The molecule has 3 aromatic rings. The van der Waals surface area contributed by atoms with Gasteiger partial charge in [-0.25, -0.2) is 4.58 Å². The van der Waals surface area contributed by atoms with Gasteiger partial charge < -0.3 is 4.57 Å². The van der Waals surface area contributed by atoms with Crippen LogP contribution >= 0.6 is 0 Å². The zero-order valence-electron chi connectivity index (χ0n) is 12.3. The summed E-state index contributed by atoms with van der Waals surface area (Å²) in [5.41, 5.74) is 5.58. The van der Waals surface area contributed by atoms with Gasteiger partial charge in [-0.1, -0.05) is 48.5 Å². The molecule has 1 aliphatic rings. The highest BCUT2D eigenvalue weighted by Gasteiger charge is 2.22. The van der Waals surface area contributed by atoms with E-state index in [0.29, 0.717) is 0 Å². The predicted octanol–water partition coefficient (Wildman–Crippen LogP) is 3.31. The molecule has 1 aliphatic heterocycles. The fourth-order valence-corrected chi connectivity index (χ4v) is 3.31. The van der Waals surface area contributed by atoms with Crippen LogP contribution in [0.25, 0.3) is 10.9 Å². The molecule has 1 aromatic heterocycles. The Hall–Kier alpha value is -2.35. The van der Waals surface area contributed by atoms with Crippen molar-refractivity contribution >= 4 is 17.1 Å². The number of para-hydroxylation sites is 1. The number of rotatable bonds is 2. The van der Waals surface area contributed by atoms with Gasteiger partial charge in [-0.2, -0.15) is 0 Å². The van der Waals surface area contributed by atoms with Crippen LogP contribution in [-0.4, -0.2) is 28.9 Å². The molecule has 2 aromatic carbocycles. The average Bonchev–Trinajstić information content (AvgIpc) is 2.82. The fourth-order valence-electron chi connectivity index (χ4n) is 3.31. The topological polar surface area (TPSA) is 7.94 Å². The van der Waals surface area contributed by atoms with E-state index in [2.05, 4.69) is 77.0 Å². The Bertz CT molecular complexity index is 825. The minimum atomic E-state index is 0.953. The first-order chi connectivity index (χ1) is 10.3. The average molecular weight is 275 g/mol. The molecule has 2 heteroatoms. The van der Waals surface area contributed by atoms with Crippen molar-refractivity contribution in [2.75, 3.05) is 13.6 Å². The minimum absolute atomic E-state index is 0.953. The maximum atomic E-state index is 2.49. The van der Waals surface area contributed by atoms with E-state index >= 15 is 0 Å². The third kappa shape index (κ3) is 2.07. The third-order valence-electron chi connectivity index (χ3n) is 4.36. The molecule has 104 valence electrons. The van der Waals surface area contributed by atoms with Gasteiger partial charge >= 0.3 is 0 Å². The maximum Gasteiger partial charge on any atom is 0.172 e. The van der Waals surface area contributed by atoms with Gasteiger partial charge in [-0.3, -0.25) is 0 Å². The molecule has 0 spiro atoms. The molecule has 0 atom stereocenters. The minimum Gasteiger partial charge on any atom is -0.339 e. The number of nitrogens with zero attached hydrogens (tertiary/aromatic N) is 2. The molecule has 0 amide bonds. The highest BCUT2D eigenvalue weighted by Crippen LogP contribution is 2.27. The van der Waals surface area contributed by atoms with Gasteiger partial charge in [0.05, 0.1) is 5.56 Å². The Morgan fingerprint density at radius 1 is 1.00 bits per heavy atom. The van der Waals surface area contributed by atoms with Crippen LogP contribution in [0, 0.1) is 0 Å². The van der Waals surface area contributed by atoms with Gasteiger partial charge in [0.25, 0.3) is 0 Å². The monoisotopic (exact) mass is 275 g/mol. The molecule has 0 N–H and O–H groups in total. The molecular weight excluding hydrogens is 256 g/mol. The number of aromatic nitrogens is 1. The van der Waals surface area contributed by atoms with Gasteiger partial charge in [0.1, 0.15) is 13.6 Å². The van der Waals surface area contributed by atoms with Gasteiger partial charge in [0.2, 0.25) is 0 Å². The summed E-state index contributed by atoms with van der Waals surface area (Å²) in [4.78, 5) is 0. The van der Waals surface area contributed by atoms with Crippen molar-refractivity contribution in [3.63, 3.8) is 0 Å². The first-order valence-electron chi connectivity index (χ1n) is 7.52. The Labute approximate surface area is 125 Å².